The van der Waals surface area contributed by atoms with Gasteiger partial charge in [-0.3, -0.25) is 4.79 Å². The molecule has 1 amide bonds. The first-order chi connectivity index (χ1) is 8.50. The third-order valence-electron chi connectivity index (χ3n) is 3.11. The van der Waals surface area contributed by atoms with E-state index in [1.54, 1.807) is 7.05 Å². The zero-order valence-corrected chi connectivity index (χ0v) is 10.3. The largest absolute Gasteiger partial charge is 0.479 e. The lowest BCUT2D eigenvalue weighted by Crippen LogP contribution is -2.50. The van der Waals surface area contributed by atoms with Gasteiger partial charge in [-0.1, -0.05) is 29.8 Å². The normalized spacial score (nSPS) is 24.1. The molecule has 2 unspecified atom stereocenters. The number of amides is 1. The molecule has 1 N–H and O–H groups in total. The molecule has 1 saturated heterocycles. The number of carboxylic acid groups (broad SMARTS) is 1. The summed E-state index contributed by atoms with van der Waals surface area (Å²) in [5.74, 6) is -1.26. The van der Waals surface area contributed by atoms with E-state index in [2.05, 4.69) is 0 Å². The number of aryl methyl sites for hydroxylation is 1. The average Bonchev–Trinajstić information content (AvgIpc) is 2.32. The number of nitrogens with zero attached hydrogens (tertiary/aromatic N) is 1. The van der Waals surface area contributed by atoms with Gasteiger partial charge in [0.15, 0.2) is 6.10 Å². The lowest BCUT2D eigenvalue weighted by Gasteiger charge is -2.37. The SMILES string of the molecule is Cc1cccc(C2C(C(=O)O)OCC(=O)N2C)c1. The third kappa shape index (κ3) is 2.22. The van der Waals surface area contributed by atoms with Crippen molar-refractivity contribution < 1.29 is 19.4 Å². The van der Waals surface area contributed by atoms with Gasteiger partial charge in [0.25, 0.3) is 0 Å². The van der Waals surface area contributed by atoms with Crippen LogP contribution in [-0.4, -0.2) is 41.6 Å². The van der Waals surface area contributed by atoms with E-state index in [1.165, 1.54) is 4.90 Å². The number of carbonyl (C=O) groups excluding carboxylic acids is 1. The van der Waals surface area contributed by atoms with Gasteiger partial charge in [-0.2, -0.15) is 0 Å². The molecule has 1 aromatic rings. The predicted molar refractivity (Wildman–Crippen MR) is 64.1 cm³/mol. The monoisotopic (exact) mass is 249 g/mol. The van der Waals surface area contributed by atoms with Crippen molar-refractivity contribution in [3.63, 3.8) is 0 Å². The van der Waals surface area contributed by atoms with Gasteiger partial charge in [0.1, 0.15) is 6.61 Å². The Bertz CT molecular complexity index is 486. The van der Waals surface area contributed by atoms with Crippen LogP contribution < -0.4 is 0 Å². The second-order valence-corrected chi connectivity index (χ2v) is 4.43. The van der Waals surface area contributed by atoms with Crippen molar-refractivity contribution in [2.75, 3.05) is 13.7 Å². The van der Waals surface area contributed by atoms with E-state index in [-0.39, 0.29) is 12.5 Å². The van der Waals surface area contributed by atoms with Gasteiger partial charge in [0.2, 0.25) is 5.91 Å². The van der Waals surface area contributed by atoms with Gasteiger partial charge < -0.3 is 14.7 Å². The van der Waals surface area contributed by atoms with Crippen molar-refractivity contribution in [3.05, 3.63) is 35.4 Å². The van der Waals surface area contributed by atoms with E-state index in [9.17, 15) is 14.7 Å². The zero-order chi connectivity index (χ0) is 13.3. The molecule has 1 fully saturated rings. The fraction of sp³-hybridized carbons (Fsp3) is 0.385. The molecule has 0 spiro atoms. The molecule has 2 rings (SSSR count). The van der Waals surface area contributed by atoms with Gasteiger partial charge in [-0.05, 0) is 12.5 Å². The Balaban J connectivity index is 2.41. The standard InChI is InChI=1S/C13H15NO4/c1-8-4-3-5-9(6-8)11-12(13(16)17)18-7-10(15)14(11)2/h3-6,11-12H,7H2,1-2H3,(H,16,17). The van der Waals surface area contributed by atoms with Crippen LogP contribution in [0, 0.1) is 6.92 Å². The number of rotatable bonds is 2. The first kappa shape index (κ1) is 12.6. The van der Waals surface area contributed by atoms with E-state index >= 15 is 0 Å². The van der Waals surface area contributed by atoms with Gasteiger partial charge in [-0.15, -0.1) is 0 Å². The highest BCUT2D eigenvalue weighted by Crippen LogP contribution is 2.29. The Morgan fingerprint density at radius 3 is 2.83 bits per heavy atom. The van der Waals surface area contributed by atoms with Crippen molar-refractivity contribution in [2.45, 2.75) is 19.1 Å². The Hall–Kier alpha value is -1.88. The maximum absolute atomic E-state index is 11.6. The smallest absolute Gasteiger partial charge is 0.335 e. The Labute approximate surface area is 105 Å². The van der Waals surface area contributed by atoms with Gasteiger partial charge >= 0.3 is 5.97 Å². The fourth-order valence-electron chi connectivity index (χ4n) is 2.17. The number of morpholine rings is 1. The van der Waals surface area contributed by atoms with Crippen molar-refractivity contribution in [2.24, 2.45) is 0 Å². The van der Waals surface area contributed by atoms with Crippen LogP contribution in [0.15, 0.2) is 24.3 Å². The minimum Gasteiger partial charge on any atom is -0.479 e. The number of hydrogen-bond acceptors (Lipinski definition) is 3. The molecule has 1 aliphatic rings. The number of likely N-dealkylation sites (N-methyl/N-ethyl adjacent to an activating group) is 1. The van der Waals surface area contributed by atoms with Crippen LogP contribution in [0.25, 0.3) is 0 Å². The molecule has 1 aliphatic heterocycles. The summed E-state index contributed by atoms with van der Waals surface area (Å²) in [7, 11) is 1.60. The summed E-state index contributed by atoms with van der Waals surface area (Å²) in [5.41, 5.74) is 1.79. The number of hydrogen-bond donors (Lipinski definition) is 1. The van der Waals surface area contributed by atoms with Crippen LogP contribution in [0.2, 0.25) is 0 Å². The molecule has 1 aromatic carbocycles. The fourth-order valence-corrected chi connectivity index (χ4v) is 2.17. The van der Waals surface area contributed by atoms with Crippen molar-refractivity contribution in [1.82, 2.24) is 4.90 Å². The Morgan fingerprint density at radius 1 is 1.50 bits per heavy atom. The molecule has 0 aromatic heterocycles. The lowest BCUT2D eigenvalue weighted by molar-refractivity contribution is -0.171. The highest BCUT2D eigenvalue weighted by molar-refractivity contribution is 5.82. The predicted octanol–water partition coefficient (Wildman–Crippen LogP) is 0.978. The molecule has 96 valence electrons. The first-order valence-corrected chi connectivity index (χ1v) is 5.67. The lowest BCUT2D eigenvalue weighted by atomic mass is 9.97. The molecular formula is C13H15NO4. The molecule has 0 bridgehead atoms. The molecule has 0 aliphatic carbocycles. The van der Waals surface area contributed by atoms with E-state index < -0.39 is 18.1 Å². The van der Waals surface area contributed by atoms with Crippen molar-refractivity contribution >= 4 is 11.9 Å². The number of ether oxygens (including phenoxy) is 1. The maximum Gasteiger partial charge on any atom is 0.335 e. The molecular weight excluding hydrogens is 234 g/mol. The number of aliphatic carboxylic acids is 1. The van der Waals surface area contributed by atoms with Crippen molar-refractivity contribution in [1.29, 1.82) is 0 Å². The summed E-state index contributed by atoms with van der Waals surface area (Å²) in [6, 6.07) is 6.87. The summed E-state index contributed by atoms with van der Waals surface area (Å²) in [5, 5.41) is 9.18. The summed E-state index contributed by atoms with van der Waals surface area (Å²) < 4.78 is 5.14. The van der Waals surface area contributed by atoms with Crippen LogP contribution in [0.1, 0.15) is 17.2 Å². The van der Waals surface area contributed by atoms with Crippen LogP contribution in [0.3, 0.4) is 0 Å². The molecule has 0 radical (unpaired) electrons. The number of benzene rings is 1. The third-order valence-corrected chi connectivity index (χ3v) is 3.11. The van der Waals surface area contributed by atoms with E-state index in [1.807, 2.05) is 31.2 Å². The molecule has 18 heavy (non-hydrogen) atoms. The molecule has 2 atom stereocenters. The molecule has 1 heterocycles. The first-order valence-electron chi connectivity index (χ1n) is 5.67. The Kier molecular flexibility index (Phi) is 3.34. The molecule has 0 saturated carbocycles. The van der Waals surface area contributed by atoms with Crippen LogP contribution in [0.5, 0.6) is 0 Å². The summed E-state index contributed by atoms with van der Waals surface area (Å²) >= 11 is 0. The minimum atomic E-state index is -1.05. The van der Waals surface area contributed by atoms with E-state index in [4.69, 9.17) is 4.74 Å². The highest BCUT2D eigenvalue weighted by atomic mass is 16.5. The average molecular weight is 249 g/mol. The van der Waals surface area contributed by atoms with Crippen molar-refractivity contribution in [3.8, 4) is 0 Å². The Morgan fingerprint density at radius 2 is 2.22 bits per heavy atom. The minimum absolute atomic E-state index is 0.185. The maximum atomic E-state index is 11.6. The van der Waals surface area contributed by atoms with Gasteiger partial charge in [0, 0.05) is 7.05 Å². The van der Waals surface area contributed by atoms with Gasteiger partial charge in [0.05, 0.1) is 6.04 Å². The van der Waals surface area contributed by atoms with Crippen LogP contribution >= 0.6 is 0 Å². The quantitative estimate of drug-likeness (QED) is 0.848. The summed E-state index contributed by atoms with van der Waals surface area (Å²) in [4.78, 5) is 24.3. The summed E-state index contributed by atoms with van der Waals surface area (Å²) in [6.07, 6.45) is -1.02. The van der Waals surface area contributed by atoms with Crippen LogP contribution in [-0.2, 0) is 14.3 Å². The number of carboxylic acids is 1. The molecule has 5 heteroatoms. The zero-order valence-electron chi connectivity index (χ0n) is 10.3. The summed E-state index contributed by atoms with van der Waals surface area (Å²) in [6.45, 7) is 1.74. The highest BCUT2D eigenvalue weighted by Gasteiger charge is 2.39. The second-order valence-electron chi connectivity index (χ2n) is 4.43. The molecule has 5 nitrogen and oxygen atoms in total. The van der Waals surface area contributed by atoms with E-state index in [0.717, 1.165) is 11.1 Å². The second kappa shape index (κ2) is 4.78. The number of carbonyl (C=O) groups is 2. The van der Waals surface area contributed by atoms with Gasteiger partial charge in [-0.25, -0.2) is 4.79 Å². The van der Waals surface area contributed by atoms with Crippen LogP contribution in [0.4, 0.5) is 0 Å². The topological polar surface area (TPSA) is 66.8 Å². The van der Waals surface area contributed by atoms with E-state index in [0.29, 0.717) is 0 Å².